The first-order chi connectivity index (χ1) is 12.9. The van der Waals surface area contributed by atoms with Crippen LogP contribution in [0.2, 0.25) is 0 Å². The van der Waals surface area contributed by atoms with E-state index < -0.39 is 12.2 Å². The van der Waals surface area contributed by atoms with Crippen molar-refractivity contribution >= 4 is 0 Å². The van der Waals surface area contributed by atoms with Gasteiger partial charge in [0.15, 0.2) is 0 Å². The normalized spacial score (nSPS) is 24.4. The van der Waals surface area contributed by atoms with Gasteiger partial charge in [0.2, 0.25) is 0 Å². The molecule has 0 heterocycles. The maximum atomic E-state index is 11.3. The van der Waals surface area contributed by atoms with Crippen LogP contribution in [0.4, 0.5) is 0 Å². The second-order valence-corrected chi connectivity index (χ2v) is 9.11. The lowest BCUT2D eigenvalue weighted by atomic mass is 9.59. The minimum absolute atomic E-state index is 0.219. The van der Waals surface area contributed by atoms with Gasteiger partial charge < -0.3 is 10.2 Å². The third kappa shape index (κ3) is 2.69. The number of hydrogen-bond donors (Lipinski definition) is 2. The van der Waals surface area contributed by atoms with E-state index in [1.807, 2.05) is 0 Å². The molecule has 0 aliphatic heterocycles. The first kappa shape index (κ1) is 21.1. The molecule has 0 spiro atoms. The molecule has 2 aromatic carbocycles. The zero-order valence-corrected chi connectivity index (χ0v) is 19.2. The monoisotopic (exact) mass is 380 g/mol. The van der Waals surface area contributed by atoms with Gasteiger partial charge in [-0.2, -0.15) is 0 Å². The summed E-state index contributed by atoms with van der Waals surface area (Å²) < 4.78 is 0. The van der Waals surface area contributed by atoms with Crippen LogP contribution in [0.1, 0.15) is 78.6 Å². The Morgan fingerprint density at radius 3 is 0.750 bits per heavy atom. The Labute approximate surface area is 170 Å². The number of aliphatic hydroxyl groups is 2. The Morgan fingerprint density at radius 1 is 0.357 bits per heavy atom. The molecular formula is C26H36O2. The lowest BCUT2D eigenvalue weighted by Crippen LogP contribution is -2.52. The fourth-order valence-electron chi connectivity index (χ4n) is 5.45. The van der Waals surface area contributed by atoms with Crippen LogP contribution in [0.5, 0.6) is 0 Å². The highest BCUT2D eigenvalue weighted by Gasteiger charge is 2.52. The molecular weight excluding hydrogens is 344 g/mol. The average molecular weight is 381 g/mol. The van der Waals surface area contributed by atoms with Gasteiger partial charge in [-0.05, 0) is 136 Å². The number of hydrogen-bond acceptors (Lipinski definition) is 2. The largest absolute Gasteiger partial charge is 0.392 e. The standard InChI is InChI=1S/C26H36O2/c1-11-13(3)17(7)21(18(8)14(11)4)23-25(27)24(26(23)28)22-19(9)15(5)12(2)16(6)20(22)10/h23-28H,1-10H3. The molecule has 0 bridgehead atoms. The number of rotatable bonds is 2. The van der Waals surface area contributed by atoms with Crippen molar-refractivity contribution in [1.29, 1.82) is 0 Å². The van der Waals surface area contributed by atoms with Crippen molar-refractivity contribution in [3.05, 3.63) is 66.8 Å². The van der Waals surface area contributed by atoms with Gasteiger partial charge in [0.05, 0.1) is 12.2 Å². The van der Waals surface area contributed by atoms with E-state index in [4.69, 9.17) is 0 Å². The van der Waals surface area contributed by atoms with E-state index in [1.165, 1.54) is 55.6 Å². The zero-order chi connectivity index (χ0) is 21.2. The highest BCUT2D eigenvalue weighted by Crippen LogP contribution is 2.52. The molecule has 3 rings (SSSR count). The smallest absolute Gasteiger partial charge is 0.0727 e. The van der Waals surface area contributed by atoms with Crippen molar-refractivity contribution in [2.45, 2.75) is 93.3 Å². The van der Waals surface area contributed by atoms with Crippen LogP contribution in [0.3, 0.4) is 0 Å². The maximum absolute atomic E-state index is 11.3. The second kappa shape index (κ2) is 7.00. The van der Waals surface area contributed by atoms with E-state index in [0.717, 1.165) is 11.1 Å². The Balaban J connectivity index is 2.12. The summed E-state index contributed by atoms with van der Waals surface area (Å²) >= 11 is 0. The summed E-state index contributed by atoms with van der Waals surface area (Å²) in [6.07, 6.45) is -1.12. The number of aliphatic hydroxyl groups excluding tert-OH is 2. The van der Waals surface area contributed by atoms with E-state index in [-0.39, 0.29) is 11.8 Å². The van der Waals surface area contributed by atoms with Crippen LogP contribution >= 0.6 is 0 Å². The molecule has 1 fully saturated rings. The van der Waals surface area contributed by atoms with E-state index >= 15 is 0 Å². The van der Waals surface area contributed by atoms with Crippen LogP contribution in [0.15, 0.2) is 0 Å². The molecule has 0 radical (unpaired) electrons. The minimum Gasteiger partial charge on any atom is -0.392 e. The summed E-state index contributed by atoms with van der Waals surface area (Å²) in [5.74, 6) is -0.438. The molecule has 0 amide bonds. The summed E-state index contributed by atoms with van der Waals surface area (Å²) in [6, 6.07) is 0. The van der Waals surface area contributed by atoms with Crippen molar-refractivity contribution in [1.82, 2.24) is 0 Å². The molecule has 28 heavy (non-hydrogen) atoms. The third-order valence-electron chi connectivity index (χ3n) is 8.25. The summed E-state index contributed by atoms with van der Waals surface area (Å²) in [5.41, 5.74) is 14.9. The van der Waals surface area contributed by atoms with Gasteiger partial charge in [0, 0.05) is 11.8 Å². The van der Waals surface area contributed by atoms with E-state index in [0.29, 0.717) is 0 Å². The Hall–Kier alpha value is -1.64. The van der Waals surface area contributed by atoms with Crippen LogP contribution < -0.4 is 0 Å². The lowest BCUT2D eigenvalue weighted by molar-refractivity contribution is -0.0794. The van der Waals surface area contributed by atoms with Gasteiger partial charge in [-0.25, -0.2) is 0 Å². The molecule has 0 aromatic heterocycles. The lowest BCUT2D eigenvalue weighted by Gasteiger charge is -2.49. The zero-order valence-electron chi connectivity index (χ0n) is 19.2. The van der Waals surface area contributed by atoms with Crippen LogP contribution in [-0.4, -0.2) is 22.4 Å². The van der Waals surface area contributed by atoms with E-state index in [1.54, 1.807) is 0 Å². The summed E-state index contributed by atoms with van der Waals surface area (Å²) in [6.45, 7) is 21.5. The predicted molar refractivity (Wildman–Crippen MR) is 118 cm³/mol. The van der Waals surface area contributed by atoms with Crippen molar-refractivity contribution in [2.24, 2.45) is 0 Å². The maximum Gasteiger partial charge on any atom is 0.0727 e. The van der Waals surface area contributed by atoms with E-state index in [2.05, 4.69) is 69.2 Å². The molecule has 2 nitrogen and oxygen atoms in total. The molecule has 2 aromatic rings. The van der Waals surface area contributed by atoms with E-state index in [9.17, 15) is 10.2 Å². The summed E-state index contributed by atoms with van der Waals surface area (Å²) in [7, 11) is 0. The summed E-state index contributed by atoms with van der Waals surface area (Å²) in [4.78, 5) is 0. The van der Waals surface area contributed by atoms with Crippen molar-refractivity contribution in [3.63, 3.8) is 0 Å². The van der Waals surface area contributed by atoms with Gasteiger partial charge in [-0.3, -0.25) is 0 Å². The Kier molecular flexibility index (Phi) is 5.27. The molecule has 2 N–H and O–H groups in total. The van der Waals surface area contributed by atoms with Gasteiger partial charge in [0.1, 0.15) is 0 Å². The van der Waals surface area contributed by atoms with Gasteiger partial charge >= 0.3 is 0 Å². The highest BCUT2D eigenvalue weighted by molar-refractivity contribution is 5.56. The van der Waals surface area contributed by atoms with Crippen LogP contribution in [0, 0.1) is 69.2 Å². The molecule has 1 aliphatic rings. The Morgan fingerprint density at radius 2 is 0.536 bits per heavy atom. The molecule has 1 aliphatic carbocycles. The second-order valence-electron chi connectivity index (χ2n) is 9.11. The van der Waals surface area contributed by atoms with Gasteiger partial charge in [-0.1, -0.05) is 0 Å². The van der Waals surface area contributed by atoms with Crippen LogP contribution in [-0.2, 0) is 0 Å². The minimum atomic E-state index is -0.562. The predicted octanol–water partition coefficient (Wildman–Crippen LogP) is 5.37. The van der Waals surface area contributed by atoms with Crippen molar-refractivity contribution in [3.8, 4) is 0 Å². The quantitative estimate of drug-likeness (QED) is 0.735. The topological polar surface area (TPSA) is 40.5 Å². The SMILES string of the molecule is Cc1c(C)c(C)c(C2C(O)C(c3c(C)c(C)c(C)c(C)c3C)C2O)c(C)c1C. The first-order valence-electron chi connectivity index (χ1n) is 10.4. The van der Waals surface area contributed by atoms with Gasteiger partial charge in [-0.15, -0.1) is 0 Å². The number of benzene rings is 2. The van der Waals surface area contributed by atoms with Crippen molar-refractivity contribution < 1.29 is 10.2 Å². The van der Waals surface area contributed by atoms with Crippen LogP contribution in [0.25, 0.3) is 0 Å². The summed E-state index contributed by atoms with van der Waals surface area (Å²) in [5, 5.41) is 22.6. The molecule has 0 atom stereocenters. The highest BCUT2D eigenvalue weighted by atomic mass is 16.3. The van der Waals surface area contributed by atoms with Crippen molar-refractivity contribution in [2.75, 3.05) is 0 Å². The molecule has 2 heteroatoms. The first-order valence-corrected chi connectivity index (χ1v) is 10.4. The average Bonchev–Trinajstić information content (AvgIpc) is 2.68. The molecule has 1 saturated carbocycles. The fourth-order valence-corrected chi connectivity index (χ4v) is 5.45. The molecule has 0 unspecified atom stereocenters. The fraction of sp³-hybridized carbons (Fsp3) is 0.538. The van der Waals surface area contributed by atoms with Gasteiger partial charge in [0.25, 0.3) is 0 Å². The third-order valence-corrected chi connectivity index (χ3v) is 8.25. The molecule has 152 valence electrons. The Bertz CT molecular complexity index is 822. The molecule has 0 saturated heterocycles.